The molecule has 0 aromatic carbocycles. The highest BCUT2D eigenvalue weighted by Gasteiger charge is 1.93. The molecule has 0 aliphatic heterocycles. The van der Waals surface area contributed by atoms with Crippen LogP contribution in [-0.2, 0) is 9.53 Å². The molecule has 0 bridgehead atoms. The van der Waals surface area contributed by atoms with Gasteiger partial charge in [-0.15, -0.1) is 6.42 Å². The maximum atomic E-state index is 10.1. The van der Waals surface area contributed by atoms with Gasteiger partial charge in [0.05, 0.1) is 0 Å². The summed E-state index contributed by atoms with van der Waals surface area (Å²) in [5.41, 5.74) is 0. The third-order valence-corrected chi connectivity index (χ3v) is 0.419. The second kappa shape index (κ2) is 3.77. The summed E-state index contributed by atoms with van der Waals surface area (Å²) in [4.78, 5) is 10.1. The predicted molar refractivity (Wildman–Crippen MR) is 28.4 cm³/mol. The Hall–Kier alpha value is -1.41. The van der Waals surface area contributed by atoms with Crippen molar-refractivity contribution >= 4 is 5.97 Å². The van der Waals surface area contributed by atoms with Gasteiger partial charge in [-0.05, 0) is 0 Å². The molecule has 0 aliphatic carbocycles. The number of carbonyl (C=O) groups excluding carboxylic acids is 1. The number of ether oxygens (including phenoxy) is 1. The van der Waals surface area contributed by atoms with Crippen molar-refractivity contribution in [2.75, 3.05) is 0 Å². The molecular weight excluding hydrogens is 104 g/mol. The van der Waals surface area contributed by atoms with E-state index < -0.39 is 5.97 Å². The maximum Gasteiger partial charge on any atom is 0.331 e. The standard InChI is InChI=1S/C6H4O2/c1-3-5-6(7)8-4-2/h1-2H,5H2. The Morgan fingerprint density at radius 2 is 2.25 bits per heavy atom. The average Bonchev–Trinajstić information content (AvgIpc) is 1.68. The van der Waals surface area contributed by atoms with Gasteiger partial charge < -0.3 is 4.74 Å². The Morgan fingerprint density at radius 3 is 2.62 bits per heavy atom. The Labute approximate surface area is 47.8 Å². The van der Waals surface area contributed by atoms with Crippen LogP contribution in [0.5, 0.6) is 0 Å². The first kappa shape index (κ1) is 6.59. The van der Waals surface area contributed by atoms with Crippen molar-refractivity contribution in [1.29, 1.82) is 0 Å². The summed E-state index contributed by atoms with van der Waals surface area (Å²) < 4.78 is 4.03. The summed E-state index contributed by atoms with van der Waals surface area (Å²) in [5.74, 6) is 1.52. The number of hydrogen-bond acceptors (Lipinski definition) is 2. The zero-order chi connectivity index (χ0) is 6.41. The van der Waals surface area contributed by atoms with Crippen LogP contribution in [-0.4, -0.2) is 5.97 Å². The van der Waals surface area contributed by atoms with Gasteiger partial charge in [0.25, 0.3) is 0 Å². The summed E-state index contributed by atoms with van der Waals surface area (Å²) in [7, 11) is 0. The van der Waals surface area contributed by atoms with Crippen molar-refractivity contribution in [3.05, 3.63) is 0 Å². The first-order valence-corrected chi connectivity index (χ1v) is 1.90. The van der Waals surface area contributed by atoms with Gasteiger partial charge in [0.2, 0.25) is 0 Å². The number of hydrogen-bond donors (Lipinski definition) is 0. The lowest BCUT2D eigenvalue weighted by molar-refractivity contribution is -0.135. The lowest BCUT2D eigenvalue weighted by atomic mass is 10.5. The molecular formula is C6H4O2. The van der Waals surface area contributed by atoms with Crippen LogP contribution in [0.4, 0.5) is 0 Å². The summed E-state index contributed by atoms with van der Waals surface area (Å²) in [6.45, 7) is 0. The number of terminal acetylenes is 2. The fourth-order valence-electron chi connectivity index (χ4n) is 0.185. The van der Waals surface area contributed by atoms with Crippen molar-refractivity contribution in [2.24, 2.45) is 0 Å². The highest BCUT2D eigenvalue weighted by Crippen LogP contribution is 1.79. The Bertz CT molecular complexity index is 138. The van der Waals surface area contributed by atoms with Gasteiger partial charge in [0.1, 0.15) is 12.5 Å². The summed E-state index contributed by atoms with van der Waals surface area (Å²) in [6, 6.07) is 0. The summed E-state index contributed by atoms with van der Waals surface area (Å²) in [6.07, 6.45) is 11.0. The predicted octanol–water partition coefficient (Wildman–Crippen LogP) is 0.144. The van der Waals surface area contributed by atoms with Crippen LogP contribution in [0.2, 0.25) is 0 Å². The molecule has 0 amide bonds. The third kappa shape index (κ3) is 2.81. The van der Waals surface area contributed by atoms with Gasteiger partial charge in [-0.2, -0.15) is 0 Å². The first-order valence-electron chi connectivity index (χ1n) is 1.90. The highest BCUT2D eigenvalue weighted by molar-refractivity contribution is 5.73. The second-order valence-electron chi connectivity index (χ2n) is 0.973. The van der Waals surface area contributed by atoms with E-state index in [1.807, 2.05) is 0 Å². The molecule has 0 saturated carbocycles. The Morgan fingerprint density at radius 1 is 1.62 bits per heavy atom. The van der Waals surface area contributed by atoms with Gasteiger partial charge in [-0.25, -0.2) is 4.79 Å². The minimum Gasteiger partial charge on any atom is -0.372 e. The van der Waals surface area contributed by atoms with Crippen molar-refractivity contribution in [2.45, 2.75) is 6.42 Å². The van der Waals surface area contributed by atoms with Gasteiger partial charge in [0, 0.05) is 0 Å². The van der Waals surface area contributed by atoms with Crippen LogP contribution in [0.3, 0.4) is 0 Å². The molecule has 2 nitrogen and oxygen atoms in total. The fraction of sp³-hybridized carbons (Fsp3) is 0.167. The molecule has 0 aliphatic rings. The molecule has 0 rings (SSSR count). The lowest BCUT2D eigenvalue weighted by Crippen LogP contribution is -1.96. The van der Waals surface area contributed by atoms with Crippen LogP contribution in [0.15, 0.2) is 0 Å². The number of rotatable bonds is 1. The van der Waals surface area contributed by atoms with E-state index in [1.54, 1.807) is 6.11 Å². The van der Waals surface area contributed by atoms with Crippen molar-refractivity contribution < 1.29 is 9.53 Å². The minimum absolute atomic E-state index is 0.0653. The molecule has 0 fully saturated rings. The van der Waals surface area contributed by atoms with Gasteiger partial charge in [0.15, 0.2) is 0 Å². The third-order valence-electron chi connectivity index (χ3n) is 0.419. The number of carbonyl (C=O) groups is 1. The number of esters is 1. The van der Waals surface area contributed by atoms with Crippen LogP contribution in [0.1, 0.15) is 6.42 Å². The molecule has 0 spiro atoms. The smallest absolute Gasteiger partial charge is 0.331 e. The van der Waals surface area contributed by atoms with Gasteiger partial charge >= 0.3 is 5.97 Å². The highest BCUT2D eigenvalue weighted by atomic mass is 16.5. The van der Waals surface area contributed by atoms with E-state index in [0.29, 0.717) is 0 Å². The first-order chi connectivity index (χ1) is 3.81. The van der Waals surface area contributed by atoms with Crippen molar-refractivity contribution in [3.8, 4) is 24.9 Å². The summed E-state index contributed by atoms with van der Waals surface area (Å²) in [5, 5.41) is 0. The second-order valence-corrected chi connectivity index (χ2v) is 0.973. The molecule has 2 heteroatoms. The van der Waals surface area contributed by atoms with E-state index in [2.05, 4.69) is 17.1 Å². The van der Waals surface area contributed by atoms with Crippen LogP contribution in [0, 0.1) is 24.9 Å². The van der Waals surface area contributed by atoms with Gasteiger partial charge in [-0.3, -0.25) is 0 Å². The fourth-order valence-corrected chi connectivity index (χ4v) is 0.185. The quantitative estimate of drug-likeness (QED) is 0.353. The largest absolute Gasteiger partial charge is 0.372 e. The molecule has 0 atom stereocenters. The monoisotopic (exact) mass is 108 g/mol. The minimum atomic E-state index is -0.560. The van der Waals surface area contributed by atoms with E-state index >= 15 is 0 Å². The van der Waals surface area contributed by atoms with Gasteiger partial charge in [-0.1, -0.05) is 12.3 Å². The topological polar surface area (TPSA) is 26.3 Å². The van der Waals surface area contributed by atoms with Crippen LogP contribution >= 0.6 is 0 Å². The molecule has 0 unspecified atom stereocenters. The summed E-state index contributed by atoms with van der Waals surface area (Å²) >= 11 is 0. The van der Waals surface area contributed by atoms with Crippen molar-refractivity contribution in [3.63, 3.8) is 0 Å². The molecule has 0 N–H and O–H groups in total. The molecule has 40 valence electrons. The van der Waals surface area contributed by atoms with Crippen LogP contribution < -0.4 is 0 Å². The van der Waals surface area contributed by atoms with E-state index in [4.69, 9.17) is 6.42 Å². The molecule has 8 heavy (non-hydrogen) atoms. The zero-order valence-electron chi connectivity index (χ0n) is 4.18. The van der Waals surface area contributed by atoms with E-state index in [0.717, 1.165) is 0 Å². The lowest BCUT2D eigenvalue weighted by Gasteiger charge is -1.84. The molecule has 0 saturated heterocycles. The van der Waals surface area contributed by atoms with E-state index in [1.165, 1.54) is 0 Å². The van der Waals surface area contributed by atoms with E-state index in [-0.39, 0.29) is 6.42 Å². The molecule has 0 aromatic rings. The zero-order valence-corrected chi connectivity index (χ0v) is 4.18. The van der Waals surface area contributed by atoms with Crippen molar-refractivity contribution in [1.82, 2.24) is 0 Å². The molecule has 0 radical (unpaired) electrons. The average molecular weight is 108 g/mol. The van der Waals surface area contributed by atoms with Crippen LogP contribution in [0.25, 0.3) is 0 Å². The molecule has 0 aromatic heterocycles. The normalized spacial score (nSPS) is 6.25. The maximum absolute atomic E-state index is 10.1. The Kier molecular flexibility index (Phi) is 3.10. The van der Waals surface area contributed by atoms with E-state index in [9.17, 15) is 4.79 Å². The molecule has 0 heterocycles. The Balaban J connectivity index is 3.41. The SMILES string of the molecule is C#CCC(=O)OC#C.